The van der Waals surface area contributed by atoms with Crippen molar-refractivity contribution in [2.24, 2.45) is 0 Å². The van der Waals surface area contributed by atoms with Crippen LogP contribution in [0.2, 0.25) is 0 Å². The molecule has 0 amide bonds. The lowest BCUT2D eigenvalue weighted by molar-refractivity contribution is -0.120. The molecule has 2 atom stereocenters. The van der Waals surface area contributed by atoms with Gasteiger partial charge in [-0.05, 0) is 25.8 Å². The summed E-state index contributed by atoms with van der Waals surface area (Å²) < 4.78 is 5.88. The number of ether oxygens (including phenoxy) is 1. The second-order valence-corrected chi connectivity index (χ2v) is 4.16. The zero-order valence-electron chi connectivity index (χ0n) is 10.3. The monoisotopic (exact) mass is 220 g/mol. The third-order valence-electron chi connectivity index (χ3n) is 2.51. The van der Waals surface area contributed by atoms with Crippen LogP contribution in [0, 0.1) is 0 Å². The van der Waals surface area contributed by atoms with Crippen LogP contribution in [0.25, 0.3) is 0 Å². The molecule has 0 aliphatic heterocycles. The molecule has 1 aromatic carbocycles. The smallest absolute Gasteiger partial charge is 0.132 e. The highest BCUT2D eigenvalue weighted by molar-refractivity contribution is 5.75. The van der Waals surface area contributed by atoms with E-state index in [1.54, 1.807) is 6.92 Å². The van der Waals surface area contributed by atoms with Crippen LogP contribution in [-0.2, 0) is 9.53 Å². The molecule has 0 aliphatic carbocycles. The van der Waals surface area contributed by atoms with Crippen LogP contribution < -0.4 is 0 Å². The summed E-state index contributed by atoms with van der Waals surface area (Å²) in [6.07, 6.45) is 1.49. The Hall–Kier alpha value is -1.15. The van der Waals surface area contributed by atoms with Crippen LogP contribution in [0.1, 0.15) is 45.3 Å². The number of benzene rings is 1. The fraction of sp³-hybridized carbons (Fsp3) is 0.500. The Bertz CT molecular complexity index is 319. The first-order chi connectivity index (χ1) is 7.63. The predicted molar refractivity (Wildman–Crippen MR) is 65.3 cm³/mol. The molecular weight excluding hydrogens is 200 g/mol. The fourth-order valence-electron chi connectivity index (χ4n) is 1.81. The fourth-order valence-corrected chi connectivity index (χ4v) is 1.81. The molecule has 0 spiro atoms. The lowest BCUT2D eigenvalue weighted by atomic mass is 10.1. The molecule has 88 valence electrons. The van der Waals surface area contributed by atoms with E-state index >= 15 is 0 Å². The molecule has 0 aliphatic rings. The zero-order chi connectivity index (χ0) is 12.0. The number of carbonyl (C=O) groups is 1. The third-order valence-corrected chi connectivity index (χ3v) is 2.51. The van der Waals surface area contributed by atoms with Gasteiger partial charge < -0.3 is 4.74 Å². The van der Waals surface area contributed by atoms with Gasteiger partial charge in [0.15, 0.2) is 0 Å². The summed E-state index contributed by atoms with van der Waals surface area (Å²) in [4.78, 5) is 11.0. The average Bonchev–Trinajstić information content (AvgIpc) is 2.26. The van der Waals surface area contributed by atoms with Crippen LogP contribution in [0.5, 0.6) is 0 Å². The molecule has 2 nitrogen and oxygen atoms in total. The Balaban J connectivity index is 2.59. The molecule has 2 heteroatoms. The van der Waals surface area contributed by atoms with Crippen molar-refractivity contribution in [3.63, 3.8) is 0 Å². The van der Waals surface area contributed by atoms with Gasteiger partial charge >= 0.3 is 0 Å². The van der Waals surface area contributed by atoms with Crippen molar-refractivity contribution in [3.8, 4) is 0 Å². The van der Waals surface area contributed by atoms with E-state index in [-0.39, 0.29) is 18.0 Å². The molecule has 0 fully saturated rings. The van der Waals surface area contributed by atoms with Crippen molar-refractivity contribution in [1.82, 2.24) is 0 Å². The number of hydrogen-bond donors (Lipinski definition) is 0. The molecule has 0 unspecified atom stereocenters. The summed E-state index contributed by atoms with van der Waals surface area (Å²) in [5.74, 6) is 0.176. The van der Waals surface area contributed by atoms with E-state index in [9.17, 15) is 4.79 Å². The van der Waals surface area contributed by atoms with Crippen molar-refractivity contribution in [2.75, 3.05) is 0 Å². The number of carbonyl (C=O) groups excluding carboxylic acids is 1. The highest BCUT2D eigenvalue weighted by atomic mass is 16.5. The minimum Gasteiger partial charge on any atom is -0.370 e. The lowest BCUT2D eigenvalue weighted by Gasteiger charge is -2.21. The first-order valence-electron chi connectivity index (χ1n) is 5.83. The van der Waals surface area contributed by atoms with Gasteiger partial charge in [0.25, 0.3) is 0 Å². The molecule has 0 radical (unpaired) electrons. The molecule has 0 bridgehead atoms. The Kier molecular flexibility index (Phi) is 5.20. The number of hydrogen-bond acceptors (Lipinski definition) is 2. The highest BCUT2D eigenvalue weighted by Gasteiger charge is 2.14. The van der Waals surface area contributed by atoms with Gasteiger partial charge in [-0.15, -0.1) is 0 Å². The standard InChI is InChI=1S/C14H20O2/c1-4-14(13-8-6-5-7-9-13)16-12(3)10-11(2)15/h5-9,12,14H,4,10H2,1-3H3/t12-,14+/m1/s1. The Morgan fingerprint density at radius 2 is 1.94 bits per heavy atom. The van der Waals surface area contributed by atoms with Gasteiger partial charge in [0.1, 0.15) is 5.78 Å². The van der Waals surface area contributed by atoms with Gasteiger partial charge in [-0.2, -0.15) is 0 Å². The molecule has 0 heterocycles. The number of rotatable bonds is 6. The summed E-state index contributed by atoms with van der Waals surface area (Å²) in [6, 6.07) is 10.1. The van der Waals surface area contributed by atoms with Crippen LogP contribution in [0.4, 0.5) is 0 Å². The Morgan fingerprint density at radius 1 is 1.31 bits per heavy atom. The van der Waals surface area contributed by atoms with Crippen molar-refractivity contribution in [1.29, 1.82) is 0 Å². The molecule has 0 N–H and O–H groups in total. The zero-order valence-corrected chi connectivity index (χ0v) is 10.3. The number of Topliss-reactive ketones (excluding diaryl/α,β-unsaturated/α-hetero) is 1. The minimum atomic E-state index is -0.0114. The first kappa shape index (κ1) is 12.9. The maximum atomic E-state index is 11.0. The second kappa shape index (κ2) is 6.44. The van der Waals surface area contributed by atoms with Crippen molar-refractivity contribution >= 4 is 5.78 Å². The maximum absolute atomic E-state index is 11.0. The lowest BCUT2D eigenvalue weighted by Crippen LogP contribution is -2.16. The highest BCUT2D eigenvalue weighted by Crippen LogP contribution is 2.23. The summed E-state index contributed by atoms with van der Waals surface area (Å²) in [7, 11) is 0. The summed E-state index contributed by atoms with van der Waals surface area (Å²) in [6.45, 7) is 5.65. The van der Waals surface area contributed by atoms with Crippen molar-refractivity contribution in [3.05, 3.63) is 35.9 Å². The van der Waals surface area contributed by atoms with Crippen LogP contribution in [-0.4, -0.2) is 11.9 Å². The minimum absolute atomic E-state index is 0.0114. The van der Waals surface area contributed by atoms with Gasteiger partial charge in [0, 0.05) is 6.42 Å². The van der Waals surface area contributed by atoms with Gasteiger partial charge in [0.05, 0.1) is 12.2 Å². The molecular formula is C14H20O2. The largest absolute Gasteiger partial charge is 0.370 e. The van der Waals surface area contributed by atoms with E-state index < -0.39 is 0 Å². The average molecular weight is 220 g/mol. The molecule has 1 aromatic rings. The number of ketones is 1. The topological polar surface area (TPSA) is 26.3 Å². The normalized spacial score (nSPS) is 14.4. The quantitative estimate of drug-likeness (QED) is 0.733. The molecule has 1 rings (SSSR count). The molecule has 0 saturated heterocycles. The Morgan fingerprint density at radius 3 is 2.44 bits per heavy atom. The van der Waals surface area contributed by atoms with E-state index in [1.165, 1.54) is 5.56 Å². The first-order valence-corrected chi connectivity index (χ1v) is 5.83. The predicted octanol–water partition coefficient (Wildman–Crippen LogP) is 3.52. The SMILES string of the molecule is CC[C@H](O[C@H](C)CC(C)=O)c1ccccc1. The van der Waals surface area contributed by atoms with Gasteiger partial charge in [0.2, 0.25) is 0 Å². The summed E-state index contributed by atoms with van der Waals surface area (Å²) >= 11 is 0. The van der Waals surface area contributed by atoms with Gasteiger partial charge in [-0.25, -0.2) is 0 Å². The van der Waals surface area contributed by atoms with E-state index in [2.05, 4.69) is 19.1 Å². The van der Waals surface area contributed by atoms with E-state index in [4.69, 9.17) is 4.74 Å². The van der Waals surface area contributed by atoms with E-state index in [1.807, 2.05) is 25.1 Å². The molecule has 16 heavy (non-hydrogen) atoms. The molecule has 0 aromatic heterocycles. The maximum Gasteiger partial charge on any atom is 0.132 e. The third kappa shape index (κ3) is 4.15. The second-order valence-electron chi connectivity index (χ2n) is 4.16. The van der Waals surface area contributed by atoms with E-state index in [0.717, 1.165) is 6.42 Å². The van der Waals surface area contributed by atoms with Crippen LogP contribution in [0.15, 0.2) is 30.3 Å². The van der Waals surface area contributed by atoms with Crippen LogP contribution in [0.3, 0.4) is 0 Å². The summed E-state index contributed by atoms with van der Waals surface area (Å²) in [5, 5.41) is 0. The molecule has 0 saturated carbocycles. The van der Waals surface area contributed by atoms with Crippen molar-refractivity contribution in [2.45, 2.75) is 45.8 Å². The summed E-state index contributed by atoms with van der Waals surface area (Å²) in [5.41, 5.74) is 1.18. The van der Waals surface area contributed by atoms with Gasteiger partial charge in [-0.1, -0.05) is 37.3 Å². The Labute approximate surface area is 97.6 Å². The van der Waals surface area contributed by atoms with Crippen molar-refractivity contribution < 1.29 is 9.53 Å². The van der Waals surface area contributed by atoms with E-state index in [0.29, 0.717) is 6.42 Å². The van der Waals surface area contributed by atoms with Gasteiger partial charge in [-0.3, -0.25) is 4.79 Å². The van der Waals surface area contributed by atoms with Crippen LogP contribution >= 0.6 is 0 Å².